The molecule has 3 aromatic heterocycles. The second kappa shape index (κ2) is 7.89. The average Bonchev–Trinajstić information content (AvgIpc) is 3.34. The lowest BCUT2D eigenvalue weighted by atomic mass is 9.98. The van der Waals surface area contributed by atoms with Crippen LogP contribution in [0.5, 0.6) is 0 Å². The number of halogens is 1. The number of fused-ring (bicyclic) bond motifs is 1. The molecule has 0 aliphatic heterocycles. The molecule has 0 atom stereocenters. The number of carbonyl (C=O) groups excluding carboxylic acids is 1. The van der Waals surface area contributed by atoms with Gasteiger partial charge in [0, 0.05) is 28.4 Å². The van der Waals surface area contributed by atoms with Gasteiger partial charge in [0.1, 0.15) is 11.4 Å². The zero-order valence-electron chi connectivity index (χ0n) is 17.3. The summed E-state index contributed by atoms with van der Waals surface area (Å²) in [5.41, 5.74) is 11.5. The first-order chi connectivity index (χ1) is 14.8. The summed E-state index contributed by atoms with van der Waals surface area (Å²) in [6, 6.07) is 9.71. The maximum Gasteiger partial charge on any atom is 0.269 e. The summed E-state index contributed by atoms with van der Waals surface area (Å²) in [5.74, 6) is -0.588. The Morgan fingerprint density at radius 1 is 1.16 bits per heavy atom. The Morgan fingerprint density at radius 3 is 2.52 bits per heavy atom. The number of hydrogen-bond acceptors (Lipinski definition) is 3. The molecule has 7 heteroatoms. The van der Waals surface area contributed by atoms with Crippen LogP contribution in [-0.2, 0) is 0 Å². The maximum atomic E-state index is 11.8. The standard InChI is InChI=1S/C24H22ClN5O/c1-5-15-7-8-17(11-18(15)25)22-16(6-2)13-29(14(3)4)23(22)19-9-10-21-27-12-20(24(26)31)30(21)28-19/h5-14H,1-2H2,3-4H3,(H2,26,31). The van der Waals surface area contributed by atoms with Gasteiger partial charge >= 0.3 is 0 Å². The van der Waals surface area contributed by atoms with Crippen LogP contribution in [0.1, 0.15) is 41.5 Å². The van der Waals surface area contributed by atoms with Crippen molar-refractivity contribution in [3.05, 3.63) is 77.7 Å². The molecule has 0 bridgehead atoms. The van der Waals surface area contributed by atoms with Crippen molar-refractivity contribution in [3.63, 3.8) is 0 Å². The van der Waals surface area contributed by atoms with Gasteiger partial charge in [-0.3, -0.25) is 4.79 Å². The third-order valence-corrected chi connectivity index (χ3v) is 5.53. The molecule has 6 nitrogen and oxygen atoms in total. The largest absolute Gasteiger partial charge is 0.364 e. The van der Waals surface area contributed by atoms with E-state index >= 15 is 0 Å². The van der Waals surface area contributed by atoms with Gasteiger partial charge in [0.25, 0.3) is 5.91 Å². The summed E-state index contributed by atoms with van der Waals surface area (Å²) in [6.07, 6.45) is 7.02. The number of imidazole rings is 1. The molecular weight excluding hydrogens is 410 g/mol. The Bertz CT molecular complexity index is 1350. The highest BCUT2D eigenvalue weighted by molar-refractivity contribution is 6.32. The number of benzene rings is 1. The SMILES string of the molecule is C=Cc1ccc(-c2c(C=C)cn(C(C)C)c2-c2ccc3ncc(C(N)=O)n3n2)cc1Cl. The first-order valence-corrected chi connectivity index (χ1v) is 10.2. The van der Waals surface area contributed by atoms with Gasteiger partial charge in [-0.2, -0.15) is 5.10 Å². The number of rotatable bonds is 6. The van der Waals surface area contributed by atoms with E-state index in [4.69, 9.17) is 22.4 Å². The summed E-state index contributed by atoms with van der Waals surface area (Å²) in [5, 5.41) is 5.32. The molecule has 4 aromatic rings. The fourth-order valence-electron chi connectivity index (χ4n) is 3.69. The molecule has 0 unspecified atom stereocenters. The molecule has 0 aliphatic carbocycles. The fourth-order valence-corrected chi connectivity index (χ4v) is 3.94. The zero-order chi connectivity index (χ0) is 22.3. The Morgan fingerprint density at radius 2 is 1.90 bits per heavy atom. The number of amides is 1. The van der Waals surface area contributed by atoms with Gasteiger partial charge in [-0.1, -0.05) is 49.0 Å². The fraction of sp³-hybridized carbons (Fsp3) is 0.125. The second-order valence-corrected chi connectivity index (χ2v) is 7.86. The molecule has 1 aromatic carbocycles. The number of nitrogens with two attached hydrogens (primary N) is 1. The number of carbonyl (C=O) groups is 1. The molecular formula is C24H22ClN5O. The summed E-state index contributed by atoms with van der Waals surface area (Å²) in [7, 11) is 0. The van der Waals surface area contributed by atoms with E-state index in [-0.39, 0.29) is 11.7 Å². The summed E-state index contributed by atoms with van der Waals surface area (Å²) < 4.78 is 3.61. The minimum Gasteiger partial charge on any atom is -0.364 e. The maximum absolute atomic E-state index is 11.8. The van der Waals surface area contributed by atoms with Crippen LogP contribution in [0.3, 0.4) is 0 Å². The normalized spacial score (nSPS) is 11.2. The Kier molecular flexibility index (Phi) is 5.25. The van der Waals surface area contributed by atoms with Crippen LogP contribution in [0.25, 0.3) is 40.3 Å². The lowest BCUT2D eigenvalue weighted by molar-refractivity contribution is 0.0993. The smallest absolute Gasteiger partial charge is 0.269 e. The molecule has 0 radical (unpaired) electrons. The predicted octanol–water partition coefficient (Wildman–Crippen LogP) is 5.48. The molecule has 0 aliphatic rings. The molecule has 3 heterocycles. The number of aromatic nitrogens is 4. The topological polar surface area (TPSA) is 78.2 Å². The minimum atomic E-state index is -0.588. The van der Waals surface area contributed by atoms with Gasteiger partial charge in [-0.25, -0.2) is 9.50 Å². The third-order valence-electron chi connectivity index (χ3n) is 5.20. The van der Waals surface area contributed by atoms with Gasteiger partial charge in [0.15, 0.2) is 5.65 Å². The van der Waals surface area contributed by atoms with Gasteiger partial charge in [0.05, 0.1) is 11.9 Å². The van der Waals surface area contributed by atoms with Gasteiger partial charge < -0.3 is 10.3 Å². The highest BCUT2D eigenvalue weighted by Gasteiger charge is 2.22. The lowest BCUT2D eigenvalue weighted by Gasteiger charge is -2.15. The van der Waals surface area contributed by atoms with E-state index in [0.717, 1.165) is 27.9 Å². The molecule has 2 N–H and O–H groups in total. The first-order valence-electron chi connectivity index (χ1n) is 9.80. The minimum absolute atomic E-state index is 0.154. The van der Waals surface area contributed by atoms with E-state index in [1.807, 2.05) is 42.6 Å². The molecule has 4 rings (SSSR count). The van der Waals surface area contributed by atoms with Gasteiger partial charge in [0.2, 0.25) is 0 Å². The average molecular weight is 432 g/mol. The Hall–Kier alpha value is -3.64. The van der Waals surface area contributed by atoms with Crippen molar-refractivity contribution in [3.8, 4) is 22.5 Å². The van der Waals surface area contributed by atoms with E-state index in [0.29, 0.717) is 16.4 Å². The van der Waals surface area contributed by atoms with E-state index in [1.165, 1.54) is 10.7 Å². The van der Waals surface area contributed by atoms with Crippen LogP contribution in [0.15, 0.2) is 55.9 Å². The van der Waals surface area contributed by atoms with E-state index in [9.17, 15) is 4.79 Å². The predicted molar refractivity (Wildman–Crippen MR) is 126 cm³/mol. The lowest BCUT2D eigenvalue weighted by Crippen LogP contribution is -2.15. The van der Waals surface area contributed by atoms with Crippen LogP contribution in [0.4, 0.5) is 0 Å². The van der Waals surface area contributed by atoms with Crippen molar-refractivity contribution in [2.75, 3.05) is 0 Å². The number of hydrogen-bond donors (Lipinski definition) is 1. The van der Waals surface area contributed by atoms with Crippen LogP contribution in [0.2, 0.25) is 5.02 Å². The van der Waals surface area contributed by atoms with Crippen molar-refractivity contribution in [2.45, 2.75) is 19.9 Å². The van der Waals surface area contributed by atoms with Crippen molar-refractivity contribution in [1.82, 2.24) is 19.2 Å². The van der Waals surface area contributed by atoms with Crippen LogP contribution < -0.4 is 5.73 Å². The molecule has 0 spiro atoms. The molecule has 0 fully saturated rings. The highest BCUT2D eigenvalue weighted by Crippen LogP contribution is 2.39. The van der Waals surface area contributed by atoms with Crippen LogP contribution >= 0.6 is 11.6 Å². The van der Waals surface area contributed by atoms with Crippen molar-refractivity contribution < 1.29 is 4.79 Å². The molecule has 156 valence electrons. The van der Waals surface area contributed by atoms with Gasteiger partial charge in [-0.05, 0) is 43.2 Å². The first kappa shape index (κ1) is 20.6. The zero-order valence-corrected chi connectivity index (χ0v) is 18.1. The van der Waals surface area contributed by atoms with Crippen molar-refractivity contribution in [2.24, 2.45) is 5.73 Å². The van der Waals surface area contributed by atoms with E-state index in [2.05, 4.69) is 36.6 Å². The third kappa shape index (κ3) is 3.45. The van der Waals surface area contributed by atoms with Crippen LogP contribution in [0, 0.1) is 0 Å². The van der Waals surface area contributed by atoms with E-state index in [1.54, 1.807) is 6.08 Å². The summed E-state index contributed by atoms with van der Waals surface area (Å²) in [4.78, 5) is 16.0. The molecule has 0 saturated carbocycles. The van der Waals surface area contributed by atoms with Crippen molar-refractivity contribution in [1.29, 1.82) is 0 Å². The molecule has 0 saturated heterocycles. The highest BCUT2D eigenvalue weighted by atomic mass is 35.5. The molecule has 31 heavy (non-hydrogen) atoms. The number of primary amides is 1. The van der Waals surface area contributed by atoms with Crippen molar-refractivity contribution >= 4 is 35.3 Å². The Balaban J connectivity index is 2.04. The number of nitrogens with zero attached hydrogens (tertiary/aromatic N) is 4. The summed E-state index contributed by atoms with van der Waals surface area (Å²) in [6.45, 7) is 12.0. The summed E-state index contributed by atoms with van der Waals surface area (Å²) >= 11 is 6.48. The monoisotopic (exact) mass is 431 g/mol. The second-order valence-electron chi connectivity index (χ2n) is 7.45. The van der Waals surface area contributed by atoms with Gasteiger partial charge in [-0.15, -0.1) is 0 Å². The van der Waals surface area contributed by atoms with Crippen LogP contribution in [-0.4, -0.2) is 25.1 Å². The Labute approximate surface area is 185 Å². The van der Waals surface area contributed by atoms with E-state index < -0.39 is 5.91 Å². The quantitative estimate of drug-likeness (QED) is 0.438. The molecule has 1 amide bonds.